The molecule has 1 aromatic rings. The molecule has 0 saturated heterocycles. The summed E-state index contributed by atoms with van der Waals surface area (Å²) in [6, 6.07) is 8.74. The van der Waals surface area contributed by atoms with E-state index in [0.717, 1.165) is 6.42 Å². The van der Waals surface area contributed by atoms with E-state index in [-0.39, 0.29) is 12.3 Å². The molecule has 1 aromatic carbocycles. The van der Waals surface area contributed by atoms with Crippen molar-refractivity contribution in [1.82, 2.24) is 5.32 Å². The fraction of sp³-hybridized carbons (Fsp3) is 0.467. The molecule has 0 aliphatic heterocycles. The van der Waals surface area contributed by atoms with E-state index in [0.29, 0.717) is 18.2 Å². The zero-order chi connectivity index (χ0) is 15.0. The third-order valence-electron chi connectivity index (χ3n) is 2.76. The number of ether oxygens (including phenoxy) is 1. The van der Waals surface area contributed by atoms with Gasteiger partial charge in [0.05, 0.1) is 0 Å². The van der Waals surface area contributed by atoms with Crippen LogP contribution in [0.5, 0.6) is 5.75 Å². The number of hydrogen-bond acceptors (Lipinski definition) is 3. The number of benzene rings is 1. The average Bonchev–Trinajstić information content (AvgIpc) is 2.36. The van der Waals surface area contributed by atoms with E-state index in [9.17, 15) is 9.59 Å². The van der Waals surface area contributed by atoms with Crippen LogP contribution in [0.1, 0.15) is 26.7 Å². The predicted molar refractivity (Wildman–Crippen MR) is 75.7 cm³/mol. The second-order valence-electron chi connectivity index (χ2n) is 5.18. The first kappa shape index (κ1) is 16.0. The maximum Gasteiger partial charge on any atom is 0.412 e. The van der Waals surface area contributed by atoms with Crippen molar-refractivity contribution < 1.29 is 19.4 Å². The van der Waals surface area contributed by atoms with Crippen molar-refractivity contribution in [3.05, 3.63) is 30.3 Å². The van der Waals surface area contributed by atoms with Gasteiger partial charge in [-0.15, -0.1) is 0 Å². The van der Waals surface area contributed by atoms with Gasteiger partial charge in [-0.05, 0) is 30.4 Å². The molecule has 0 bridgehead atoms. The number of carbonyl (C=O) groups excluding carboxylic acids is 1. The summed E-state index contributed by atoms with van der Waals surface area (Å²) in [5, 5.41) is 11.5. The number of hydrogen-bond donors (Lipinski definition) is 2. The second-order valence-corrected chi connectivity index (χ2v) is 5.18. The molecule has 110 valence electrons. The van der Waals surface area contributed by atoms with Crippen molar-refractivity contribution in [2.24, 2.45) is 11.8 Å². The van der Waals surface area contributed by atoms with E-state index < -0.39 is 12.1 Å². The van der Waals surface area contributed by atoms with Gasteiger partial charge in [0.1, 0.15) is 5.75 Å². The Kier molecular flexibility index (Phi) is 6.56. The molecule has 0 aliphatic carbocycles. The molecule has 2 N–H and O–H groups in total. The van der Waals surface area contributed by atoms with E-state index >= 15 is 0 Å². The Morgan fingerprint density at radius 3 is 2.45 bits per heavy atom. The van der Waals surface area contributed by atoms with Crippen molar-refractivity contribution >= 4 is 12.1 Å². The molecule has 1 atom stereocenters. The third kappa shape index (κ3) is 6.78. The molecule has 20 heavy (non-hydrogen) atoms. The number of para-hydroxylation sites is 1. The van der Waals surface area contributed by atoms with Crippen LogP contribution >= 0.6 is 0 Å². The van der Waals surface area contributed by atoms with E-state index in [1.807, 2.05) is 19.9 Å². The summed E-state index contributed by atoms with van der Waals surface area (Å²) < 4.78 is 5.08. The number of carboxylic acid groups (broad SMARTS) is 1. The summed E-state index contributed by atoms with van der Waals surface area (Å²) in [4.78, 5) is 22.4. The van der Waals surface area contributed by atoms with Crippen molar-refractivity contribution in [3.8, 4) is 5.75 Å². The van der Waals surface area contributed by atoms with Gasteiger partial charge in [0.25, 0.3) is 0 Å². The van der Waals surface area contributed by atoms with Crippen molar-refractivity contribution in [2.45, 2.75) is 26.7 Å². The second kappa shape index (κ2) is 8.19. The molecular formula is C15H21NO4. The summed E-state index contributed by atoms with van der Waals surface area (Å²) in [5.41, 5.74) is 0. The molecule has 0 spiro atoms. The smallest absolute Gasteiger partial charge is 0.412 e. The summed E-state index contributed by atoms with van der Waals surface area (Å²) >= 11 is 0. The minimum Gasteiger partial charge on any atom is -0.481 e. The highest BCUT2D eigenvalue weighted by atomic mass is 16.6. The molecule has 0 fully saturated rings. The van der Waals surface area contributed by atoms with Crippen LogP contribution in [0.25, 0.3) is 0 Å². The van der Waals surface area contributed by atoms with Crippen molar-refractivity contribution in [2.75, 3.05) is 6.54 Å². The number of carboxylic acids is 1. The minimum absolute atomic E-state index is 0.0454. The number of aliphatic carboxylic acids is 1. The largest absolute Gasteiger partial charge is 0.481 e. The highest BCUT2D eigenvalue weighted by Crippen LogP contribution is 2.15. The van der Waals surface area contributed by atoms with E-state index in [1.165, 1.54) is 0 Å². The first-order valence-electron chi connectivity index (χ1n) is 6.70. The molecule has 5 heteroatoms. The van der Waals surface area contributed by atoms with E-state index in [4.69, 9.17) is 9.84 Å². The lowest BCUT2D eigenvalue weighted by molar-refractivity contribution is -0.138. The Bertz CT molecular complexity index is 431. The lowest BCUT2D eigenvalue weighted by atomic mass is 9.94. The standard InChI is InChI=1S/C15H21NO4/c1-11(2)8-12(9-14(17)18)10-16-15(19)20-13-6-4-3-5-7-13/h3-7,11-12H,8-10H2,1-2H3,(H,16,19)(H,17,18). The number of amides is 1. The Labute approximate surface area is 118 Å². The first-order valence-corrected chi connectivity index (χ1v) is 6.70. The third-order valence-corrected chi connectivity index (χ3v) is 2.76. The van der Waals surface area contributed by atoms with Crippen LogP contribution in [-0.4, -0.2) is 23.7 Å². The number of rotatable bonds is 7. The average molecular weight is 279 g/mol. The molecule has 1 unspecified atom stereocenters. The lowest BCUT2D eigenvalue weighted by Gasteiger charge is -2.17. The maximum absolute atomic E-state index is 11.6. The van der Waals surface area contributed by atoms with Crippen molar-refractivity contribution in [1.29, 1.82) is 0 Å². The van der Waals surface area contributed by atoms with Gasteiger partial charge in [-0.25, -0.2) is 4.79 Å². The van der Waals surface area contributed by atoms with Gasteiger partial charge >= 0.3 is 12.1 Å². The molecule has 0 saturated carbocycles. The molecule has 0 radical (unpaired) electrons. The fourth-order valence-corrected chi connectivity index (χ4v) is 2.01. The van der Waals surface area contributed by atoms with Gasteiger partial charge < -0.3 is 15.2 Å². The summed E-state index contributed by atoms with van der Waals surface area (Å²) in [7, 11) is 0. The molecule has 0 heterocycles. The normalized spacial score (nSPS) is 11.9. The molecule has 1 rings (SSSR count). The fourth-order valence-electron chi connectivity index (χ4n) is 2.01. The minimum atomic E-state index is -0.853. The number of nitrogens with one attached hydrogen (secondary N) is 1. The Morgan fingerprint density at radius 2 is 1.90 bits per heavy atom. The lowest BCUT2D eigenvalue weighted by Crippen LogP contribution is -2.33. The van der Waals surface area contributed by atoms with Crippen LogP contribution in [0.3, 0.4) is 0 Å². The van der Waals surface area contributed by atoms with Gasteiger partial charge in [-0.3, -0.25) is 4.79 Å². The number of carbonyl (C=O) groups is 2. The van der Waals surface area contributed by atoms with Gasteiger partial charge in [0, 0.05) is 13.0 Å². The Hall–Kier alpha value is -2.04. The molecule has 0 aliphatic rings. The highest BCUT2D eigenvalue weighted by molar-refractivity contribution is 5.70. The SMILES string of the molecule is CC(C)CC(CNC(=O)Oc1ccccc1)CC(=O)O. The van der Waals surface area contributed by atoms with Crippen LogP contribution in [0.4, 0.5) is 4.79 Å². The molecule has 1 amide bonds. The monoisotopic (exact) mass is 279 g/mol. The zero-order valence-electron chi connectivity index (χ0n) is 11.8. The summed E-state index contributed by atoms with van der Waals surface area (Å²) in [6.45, 7) is 4.35. The van der Waals surface area contributed by atoms with Crippen LogP contribution in [0.2, 0.25) is 0 Å². The predicted octanol–water partition coefficient (Wildman–Crippen LogP) is 2.91. The molecule has 5 nitrogen and oxygen atoms in total. The van der Waals surface area contributed by atoms with Crippen LogP contribution < -0.4 is 10.1 Å². The summed E-state index contributed by atoms with van der Waals surface area (Å²) in [5.74, 6) is -0.0976. The van der Waals surface area contributed by atoms with Gasteiger partial charge in [0.15, 0.2) is 0 Å². The van der Waals surface area contributed by atoms with Crippen molar-refractivity contribution in [3.63, 3.8) is 0 Å². The molecular weight excluding hydrogens is 258 g/mol. The zero-order valence-corrected chi connectivity index (χ0v) is 11.8. The van der Waals surface area contributed by atoms with E-state index in [2.05, 4.69) is 5.32 Å². The van der Waals surface area contributed by atoms with Crippen LogP contribution in [0, 0.1) is 11.8 Å². The Balaban J connectivity index is 2.41. The van der Waals surface area contributed by atoms with Gasteiger partial charge in [-0.2, -0.15) is 0 Å². The maximum atomic E-state index is 11.6. The first-order chi connectivity index (χ1) is 9.47. The van der Waals surface area contributed by atoms with Crippen LogP contribution in [-0.2, 0) is 4.79 Å². The topological polar surface area (TPSA) is 75.6 Å². The summed E-state index contributed by atoms with van der Waals surface area (Å²) in [6.07, 6.45) is 0.234. The van der Waals surface area contributed by atoms with Gasteiger partial charge in [-0.1, -0.05) is 32.0 Å². The van der Waals surface area contributed by atoms with Crippen LogP contribution in [0.15, 0.2) is 30.3 Å². The molecule has 0 aromatic heterocycles. The van der Waals surface area contributed by atoms with Gasteiger partial charge in [0.2, 0.25) is 0 Å². The quantitative estimate of drug-likeness (QED) is 0.804. The Morgan fingerprint density at radius 1 is 1.25 bits per heavy atom. The highest BCUT2D eigenvalue weighted by Gasteiger charge is 2.16. The van der Waals surface area contributed by atoms with E-state index in [1.54, 1.807) is 24.3 Å².